The first kappa shape index (κ1) is 20.3. The predicted octanol–water partition coefficient (Wildman–Crippen LogP) is 2.26. The summed E-state index contributed by atoms with van der Waals surface area (Å²) in [6.07, 6.45) is 4.46. The van der Waals surface area contributed by atoms with Gasteiger partial charge >= 0.3 is 0 Å². The highest BCUT2D eigenvalue weighted by Gasteiger charge is 2.13. The normalized spacial score (nSPS) is 16.0. The minimum absolute atomic E-state index is 0.0513. The number of carbonyl (C=O) groups is 1. The van der Waals surface area contributed by atoms with E-state index in [1.54, 1.807) is 6.08 Å². The number of likely N-dealkylation sites (N-methyl/N-ethyl adjacent to an activating group) is 1. The van der Waals surface area contributed by atoms with Gasteiger partial charge in [0.1, 0.15) is 0 Å². The molecule has 0 bridgehead atoms. The zero-order valence-electron chi connectivity index (χ0n) is 17.2. The SMILES string of the molecule is Cc1nn(-c2ccccc2)c(C)c1/C=C/C(=O)NCCCN1CCN(C)CC1. The molecule has 0 unspecified atom stereocenters. The third-order valence-corrected chi connectivity index (χ3v) is 5.30. The summed E-state index contributed by atoms with van der Waals surface area (Å²) in [6.45, 7) is 10.2. The molecular weight excluding hydrogens is 350 g/mol. The fraction of sp³-hybridized carbons (Fsp3) is 0.455. The molecule has 0 saturated carbocycles. The van der Waals surface area contributed by atoms with Crippen LogP contribution in [0.5, 0.6) is 0 Å². The summed E-state index contributed by atoms with van der Waals surface area (Å²) in [5.74, 6) is -0.0513. The van der Waals surface area contributed by atoms with Crippen LogP contribution in [0.4, 0.5) is 0 Å². The van der Waals surface area contributed by atoms with Crippen molar-refractivity contribution in [2.45, 2.75) is 20.3 Å². The number of rotatable bonds is 7. The molecule has 150 valence electrons. The summed E-state index contributed by atoms with van der Waals surface area (Å²) >= 11 is 0. The molecule has 1 aromatic heterocycles. The van der Waals surface area contributed by atoms with Gasteiger partial charge in [0.25, 0.3) is 0 Å². The van der Waals surface area contributed by atoms with Gasteiger partial charge in [0.05, 0.1) is 11.4 Å². The topological polar surface area (TPSA) is 53.4 Å². The number of benzene rings is 1. The van der Waals surface area contributed by atoms with Gasteiger partial charge in [-0.15, -0.1) is 0 Å². The summed E-state index contributed by atoms with van der Waals surface area (Å²) in [6, 6.07) is 10.0. The molecule has 0 atom stereocenters. The summed E-state index contributed by atoms with van der Waals surface area (Å²) in [5.41, 5.74) is 3.97. The van der Waals surface area contributed by atoms with Crippen molar-refractivity contribution in [3.63, 3.8) is 0 Å². The lowest BCUT2D eigenvalue weighted by Gasteiger charge is -2.32. The molecule has 1 saturated heterocycles. The second kappa shape index (κ2) is 9.66. The first-order valence-electron chi connectivity index (χ1n) is 10.0. The maximum absolute atomic E-state index is 12.2. The molecule has 2 heterocycles. The van der Waals surface area contributed by atoms with Gasteiger partial charge in [-0.3, -0.25) is 4.79 Å². The Balaban J connectivity index is 1.48. The lowest BCUT2D eigenvalue weighted by atomic mass is 10.2. The van der Waals surface area contributed by atoms with Crippen molar-refractivity contribution in [3.05, 3.63) is 53.4 Å². The molecule has 1 aromatic carbocycles. The fourth-order valence-electron chi connectivity index (χ4n) is 3.52. The van der Waals surface area contributed by atoms with E-state index in [1.165, 1.54) is 0 Å². The second-order valence-corrected chi connectivity index (χ2v) is 7.45. The van der Waals surface area contributed by atoms with Crippen LogP contribution in [-0.4, -0.2) is 71.8 Å². The van der Waals surface area contributed by atoms with E-state index in [1.807, 2.05) is 54.9 Å². The van der Waals surface area contributed by atoms with Crippen molar-refractivity contribution >= 4 is 12.0 Å². The minimum atomic E-state index is -0.0513. The van der Waals surface area contributed by atoms with E-state index in [-0.39, 0.29) is 5.91 Å². The quantitative estimate of drug-likeness (QED) is 0.590. The Morgan fingerprint density at radius 3 is 2.57 bits per heavy atom. The summed E-state index contributed by atoms with van der Waals surface area (Å²) in [4.78, 5) is 17.0. The zero-order chi connectivity index (χ0) is 19.9. The van der Waals surface area contributed by atoms with Crippen molar-refractivity contribution in [2.75, 3.05) is 46.3 Å². The van der Waals surface area contributed by atoms with Gasteiger partial charge in [0.2, 0.25) is 5.91 Å². The number of hydrogen-bond donors (Lipinski definition) is 1. The minimum Gasteiger partial charge on any atom is -0.353 e. The number of para-hydroxylation sites is 1. The Labute approximate surface area is 167 Å². The van der Waals surface area contributed by atoms with Gasteiger partial charge in [-0.2, -0.15) is 5.10 Å². The highest BCUT2D eigenvalue weighted by molar-refractivity contribution is 5.92. The van der Waals surface area contributed by atoms with Gasteiger partial charge in [0.15, 0.2) is 0 Å². The Hall–Kier alpha value is -2.44. The Kier molecular flexibility index (Phi) is 7.01. The van der Waals surface area contributed by atoms with Gasteiger partial charge in [-0.25, -0.2) is 4.68 Å². The Morgan fingerprint density at radius 1 is 1.14 bits per heavy atom. The van der Waals surface area contributed by atoms with E-state index < -0.39 is 0 Å². The van der Waals surface area contributed by atoms with Crippen LogP contribution in [0.2, 0.25) is 0 Å². The Morgan fingerprint density at radius 2 is 1.86 bits per heavy atom. The lowest BCUT2D eigenvalue weighted by molar-refractivity contribution is -0.116. The van der Waals surface area contributed by atoms with Crippen molar-refractivity contribution in [3.8, 4) is 5.69 Å². The van der Waals surface area contributed by atoms with Crippen LogP contribution in [0.15, 0.2) is 36.4 Å². The molecule has 0 spiro atoms. The molecule has 1 fully saturated rings. The molecule has 1 aliphatic rings. The number of aryl methyl sites for hydroxylation is 1. The fourth-order valence-corrected chi connectivity index (χ4v) is 3.52. The zero-order valence-corrected chi connectivity index (χ0v) is 17.2. The monoisotopic (exact) mass is 381 g/mol. The Bertz CT molecular complexity index is 804. The molecule has 1 amide bonds. The van der Waals surface area contributed by atoms with Crippen LogP contribution in [0.25, 0.3) is 11.8 Å². The summed E-state index contributed by atoms with van der Waals surface area (Å²) in [5, 5.41) is 7.60. The molecule has 0 aliphatic carbocycles. The molecule has 1 N–H and O–H groups in total. The van der Waals surface area contributed by atoms with E-state index in [4.69, 9.17) is 0 Å². The van der Waals surface area contributed by atoms with Gasteiger partial charge in [-0.1, -0.05) is 18.2 Å². The predicted molar refractivity (Wildman–Crippen MR) is 114 cm³/mol. The van der Waals surface area contributed by atoms with Crippen LogP contribution in [-0.2, 0) is 4.79 Å². The average molecular weight is 382 g/mol. The molecular formula is C22H31N5O. The molecule has 2 aromatic rings. The standard InChI is InChI=1S/C22H31N5O/c1-18-21(19(2)27(24-18)20-8-5-4-6-9-20)10-11-22(28)23-12-7-13-26-16-14-25(3)15-17-26/h4-6,8-11H,7,12-17H2,1-3H3,(H,23,28)/b11-10+. The third kappa shape index (κ3) is 5.30. The van der Waals surface area contributed by atoms with Gasteiger partial charge in [0, 0.05) is 50.1 Å². The maximum Gasteiger partial charge on any atom is 0.244 e. The largest absolute Gasteiger partial charge is 0.353 e. The number of hydrogen-bond acceptors (Lipinski definition) is 4. The molecule has 3 rings (SSSR count). The number of aromatic nitrogens is 2. The van der Waals surface area contributed by atoms with Crippen molar-refractivity contribution in [2.24, 2.45) is 0 Å². The van der Waals surface area contributed by atoms with Crippen molar-refractivity contribution in [1.82, 2.24) is 24.9 Å². The highest BCUT2D eigenvalue weighted by atomic mass is 16.1. The molecule has 6 heteroatoms. The van der Waals surface area contributed by atoms with Crippen molar-refractivity contribution < 1.29 is 4.79 Å². The molecule has 28 heavy (non-hydrogen) atoms. The first-order chi connectivity index (χ1) is 13.5. The lowest BCUT2D eigenvalue weighted by Crippen LogP contribution is -2.45. The summed E-state index contributed by atoms with van der Waals surface area (Å²) in [7, 11) is 2.16. The number of carbonyl (C=O) groups excluding carboxylic acids is 1. The van der Waals surface area contributed by atoms with Gasteiger partial charge < -0.3 is 15.1 Å². The summed E-state index contributed by atoms with van der Waals surface area (Å²) < 4.78 is 1.92. The van der Waals surface area contributed by atoms with Crippen LogP contribution < -0.4 is 5.32 Å². The van der Waals surface area contributed by atoms with E-state index in [0.29, 0.717) is 6.54 Å². The third-order valence-electron chi connectivity index (χ3n) is 5.30. The number of nitrogens with one attached hydrogen (secondary N) is 1. The second-order valence-electron chi connectivity index (χ2n) is 7.45. The molecule has 6 nitrogen and oxygen atoms in total. The van der Waals surface area contributed by atoms with Crippen molar-refractivity contribution in [1.29, 1.82) is 0 Å². The van der Waals surface area contributed by atoms with E-state index in [0.717, 1.165) is 61.8 Å². The van der Waals surface area contributed by atoms with Gasteiger partial charge in [-0.05, 0) is 52.1 Å². The van der Waals surface area contributed by atoms with Crippen LogP contribution >= 0.6 is 0 Å². The smallest absolute Gasteiger partial charge is 0.244 e. The maximum atomic E-state index is 12.2. The van der Waals surface area contributed by atoms with Crippen LogP contribution in [0, 0.1) is 13.8 Å². The highest BCUT2D eigenvalue weighted by Crippen LogP contribution is 2.19. The number of piperazine rings is 1. The van der Waals surface area contributed by atoms with Crippen LogP contribution in [0.1, 0.15) is 23.4 Å². The van der Waals surface area contributed by atoms with E-state index >= 15 is 0 Å². The van der Waals surface area contributed by atoms with E-state index in [9.17, 15) is 4.79 Å². The van der Waals surface area contributed by atoms with E-state index in [2.05, 4.69) is 27.3 Å². The molecule has 1 aliphatic heterocycles. The van der Waals surface area contributed by atoms with Crippen LogP contribution in [0.3, 0.4) is 0 Å². The average Bonchev–Trinajstić information content (AvgIpc) is 2.99. The molecule has 0 radical (unpaired) electrons. The number of nitrogens with zero attached hydrogens (tertiary/aromatic N) is 4. The first-order valence-corrected chi connectivity index (χ1v) is 10.0. The number of amides is 1.